The van der Waals surface area contributed by atoms with Crippen molar-refractivity contribution in [3.63, 3.8) is 0 Å². The minimum absolute atomic E-state index is 0.0530. The SMILES string of the molecule is CN(Cc1ccccc1F)C(=O)c1cc(Cl)ccc1F. The summed E-state index contributed by atoms with van der Waals surface area (Å²) in [6.07, 6.45) is 0. The largest absolute Gasteiger partial charge is 0.337 e. The van der Waals surface area contributed by atoms with E-state index >= 15 is 0 Å². The zero-order valence-electron chi connectivity index (χ0n) is 10.7. The number of hydrogen-bond acceptors (Lipinski definition) is 1. The maximum atomic E-state index is 13.6. The van der Waals surface area contributed by atoms with Crippen LogP contribution in [0.1, 0.15) is 15.9 Å². The van der Waals surface area contributed by atoms with Crippen LogP contribution in [0.4, 0.5) is 8.78 Å². The maximum Gasteiger partial charge on any atom is 0.256 e. The van der Waals surface area contributed by atoms with Crippen LogP contribution in [0.3, 0.4) is 0 Å². The molecule has 5 heteroatoms. The van der Waals surface area contributed by atoms with Crippen molar-refractivity contribution in [3.8, 4) is 0 Å². The molecule has 104 valence electrons. The van der Waals surface area contributed by atoms with Gasteiger partial charge in [0, 0.05) is 24.2 Å². The first-order chi connectivity index (χ1) is 9.49. The number of carbonyl (C=O) groups excluding carboxylic acids is 1. The molecule has 0 heterocycles. The van der Waals surface area contributed by atoms with Crippen molar-refractivity contribution in [1.82, 2.24) is 4.90 Å². The molecule has 0 radical (unpaired) electrons. The van der Waals surface area contributed by atoms with Gasteiger partial charge in [0.15, 0.2) is 0 Å². The molecule has 0 atom stereocenters. The molecule has 0 saturated carbocycles. The van der Waals surface area contributed by atoms with Gasteiger partial charge in [0.2, 0.25) is 0 Å². The van der Waals surface area contributed by atoms with Crippen molar-refractivity contribution in [1.29, 1.82) is 0 Å². The molecular weight excluding hydrogens is 284 g/mol. The minimum atomic E-state index is -0.653. The van der Waals surface area contributed by atoms with E-state index in [9.17, 15) is 13.6 Å². The molecule has 2 aromatic carbocycles. The number of amides is 1. The van der Waals surface area contributed by atoms with Crippen LogP contribution in [-0.4, -0.2) is 17.9 Å². The second-order valence-corrected chi connectivity index (χ2v) is 4.81. The summed E-state index contributed by atoms with van der Waals surface area (Å²) in [5.74, 6) is -1.60. The van der Waals surface area contributed by atoms with E-state index in [2.05, 4.69) is 0 Å². The summed E-state index contributed by atoms with van der Waals surface area (Å²) in [5.41, 5.74) is 0.238. The third-order valence-electron chi connectivity index (χ3n) is 2.87. The number of halogens is 3. The van der Waals surface area contributed by atoms with Gasteiger partial charge in [0.1, 0.15) is 11.6 Å². The standard InChI is InChI=1S/C15H12ClF2NO/c1-19(9-10-4-2-3-5-13(10)17)15(20)12-8-11(16)6-7-14(12)18/h2-8H,9H2,1H3. The first kappa shape index (κ1) is 14.5. The van der Waals surface area contributed by atoms with Gasteiger partial charge in [-0.2, -0.15) is 0 Å². The molecule has 0 bridgehead atoms. The molecule has 0 spiro atoms. The van der Waals surface area contributed by atoms with Crippen molar-refractivity contribution in [3.05, 3.63) is 70.2 Å². The quantitative estimate of drug-likeness (QED) is 0.841. The maximum absolute atomic E-state index is 13.6. The van der Waals surface area contributed by atoms with E-state index in [-0.39, 0.29) is 17.1 Å². The third-order valence-corrected chi connectivity index (χ3v) is 3.11. The Labute approximate surface area is 120 Å². The Morgan fingerprint density at radius 2 is 1.85 bits per heavy atom. The highest BCUT2D eigenvalue weighted by atomic mass is 35.5. The first-order valence-corrected chi connectivity index (χ1v) is 6.31. The van der Waals surface area contributed by atoms with Crippen molar-refractivity contribution >= 4 is 17.5 Å². The Morgan fingerprint density at radius 3 is 2.55 bits per heavy atom. The number of carbonyl (C=O) groups is 1. The number of rotatable bonds is 3. The molecule has 0 N–H and O–H groups in total. The molecule has 0 unspecified atom stereocenters. The van der Waals surface area contributed by atoms with Gasteiger partial charge in [-0.1, -0.05) is 29.8 Å². The number of benzene rings is 2. The monoisotopic (exact) mass is 295 g/mol. The highest BCUT2D eigenvalue weighted by Gasteiger charge is 2.17. The van der Waals surface area contributed by atoms with E-state index < -0.39 is 17.5 Å². The zero-order chi connectivity index (χ0) is 14.7. The fourth-order valence-electron chi connectivity index (χ4n) is 1.82. The summed E-state index contributed by atoms with van der Waals surface area (Å²) in [7, 11) is 1.48. The fourth-order valence-corrected chi connectivity index (χ4v) is 1.99. The number of hydrogen-bond donors (Lipinski definition) is 0. The van der Waals surface area contributed by atoms with Gasteiger partial charge in [-0.15, -0.1) is 0 Å². The number of nitrogens with zero attached hydrogens (tertiary/aromatic N) is 1. The van der Waals surface area contributed by atoms with Crippen LogP contribution >= 0.6 is 11.6 Å². The molecule has 2 nitrogen and oxygen atoms in total. The Balaban J connectivity index is 2.21. The third kappa shape index (κ3) is 3.14. The van der Waals surface area contributed by atoms with Crippen molar-refractivity contribution in [2.75, 3.05) is 7.05 Å². The molecular formula is C15H12ClF2NO. The normalized spacial score (nSPS) is 10.4. The van der Waals surface area contributed by atoms with E-state index in [4.69, 9.17) is 11.6 Å². The van der Waals surface area contributed by atoms with Crippen LogP contribution in [0, 0.1) is 11.6 Å². The van der Waals surface area contributed by atoms with Crippen molar-refractivity contribution < 1.29 is 13.6 Å². The highest BCUT2D eigenvalue weighted by Crippen LogP contribution is 2.18. The van der Waals surface area contributed by atoms with Crippen LogP contribution in [-0.2, 0) is 6.54 Å². The highest BCUT2D eigenvalue weighted by molar-refractivity contribution is 6.30. The van der Waals surface area contributed by atoms with Crippen LogP contribution in [0.5, 0.6) is 0 Å². The van der Waals surface area contributed by atoms with E-state index in [0.29, 0.717) is 5.56 Å². The van der Waals surface area contributed by atoms with Gasteiger partial charge in [0.25, 0.3) is 5.91 Å². The van der Waals surface area contributed by atoms with Crippen LogP contribution < -0.4 is 0 Å². The average Bonchev–Trinajstić information content (AvgIpc) is 2.43. The predicted octanol–water partition coefficient (Wildman–Crippen LogP) is 3.89. The lowest BCUT2D eigenvalue weighted by atomic mass is 10.1. The summed E-state index contributed by atoms with van der Waals surface area (Å²) in [6.45, 7) is 0.0530. The molecule has 2 aromatic rings. The van der Waals surface area contributed by atoms with E-state index in [1.165, 1.54) is 30.1 Å². The molecule has 0 fully saturated rings. The molecule has 0 aliphatic rings. The Bertz CT molecular complexity index is 646. The molecule has 0 aliphatic heterocycles. The summed E-state index contributed by atoms with van der Waals surface area (Å²) in [5, 5.41) is 0.272. The second kappa shape index (κ2) is 6.01. The van der Waals surface area contributed by atoms with Gasteiger partial charge in [-0.25, -0.2) is 8.78 Å². The van der Waals surface area contributed by atoms with Crippen LogP contribution in [0.2, 0.25) is 5.02 Å². The van der Waals surface area contributed by atoms with E-state index in [1.54, 1.807) is 18.2 Å². The molecule has 2 rings (SSSR count). The zero-order valence-corrected chi connectivity index (χ0v) is 11.5. The summed E-state index contributed by atoms with van der Waals surface area (Å²) < 4.78 is 27.1. The van der Waals surface area contributed by atoms with Gasteiger partial charge in [-0.05, 0) is 24.3 Å². The van der Waals surface area contributed by atoms with Gasteiger partial charge >= 0.3 is 0 Å². The predicted molar refractivity (Wildman–Crippen MR) is 73.6 cm³/mol. The van der Waals surface area contributed by atoms with Crippen LogP contribution in [0.15, 0.2) is 42.5 Å². The van der Waals surface area contributed by atoms with E-state index in [0.717, 1.165) is 6.07 Å². The lowest BCUT2D eigenvalue weighted by Crippen LogP contribution is -2.27. The Kier molecular flexibility index (Phi) is 4.35. The topological polar surface area (TPSA) is 20.3 Å². The lowest BCUT2D eigenvalue weighted by Gasteiger charge is -2.18. The molecule has 0 saturated heterocycles. The Morgan fingerprint density at radius 1 is 1.15 bits per heavy atom. The molecule has 0 aliphatic carbocycles. The van der Waals surface area contributed by atoms with E-state index in [1.807, 2.05) is 0 Å². The van der Waals surface area contributed by atoms with Crippen molar-refractivity contribution in [2.24, 2.45) is 0 Å². The van der Waals surface area contributed by atoms with Gasteiger partial charge in [0.05, 0.1) is 5.56 Å². The molecule has 0 aromatic heterocycles. The second-order valence-electron chi connectivity index (χ2n) is 4.38. The van der Waals surface area contributed by atoms with Crippen LogP contribution in [0.25, 0.3) is 0 Å². The minimum Gasteiger partial charge on any atom is -0.337 e. The molecule has 20 heavy (non-hydrogen) atoms. The van der Waals surface area contributed by atoms with Crippen molar-refractivity contribution in [2.45, 2.75) is 6.54 Å². The summed E-state index contributed by atoms with van der Waals surface area (Å²) in [4.78, 5) is 13.4. The molecule has 1 amide bonds. The van der Waals surface area contributed by atoms with Gasteiger partial charge < -0.3 is 4.90 Å². The lowest BCUT2D eigenvalue weighted by molar-refractivity contribution is 0.0779. The van der Waals surface area contributed by atoms with Gasteiger partial charge in [-0.3, -0.25) is 4.79 Å². The summed E-state index contributed by atoms with van der Waals surface area (Å²) >= 11 is 5.75. The average molecular weight is 296 g/mol. The summed E-state index contributed by atoms with van der Waals surface area (Å²) in [6, 6.07) is 9.89. The fraction of sp³-hybridized carbons (Fsp3) is 0.133. The smallest absolute Gasteiger partial charge is 0.256 e. The first-order valence-electron chi connectivity index (χ1n) is 5.93. The Hall–Kier alpha value is -1.94.